The molecule has 0 saturated heterocycles. The Morgan fingerprint density at radius 2 is 2.19 bits per heavy atom. The number of ether oxygens (including phenoxy) is 1. The van der Waals surface area contributed by atoms with Gasteiger partial charge in [0.05, 0.1) is 10.5 Å². The van der Waals surface area contributed by atoms with E-state index in [-0.39, 0.29) is 29.0 Å². The van der Waals surface area contributed by atoms with Gasteiger partial charge < -0.3 is 9.26 Å². The van der Waals surface area contributed by atoms with E-state index in [2.05, 4.69) is 14.9 Å². The first kappa shape index (κ1) is 17.8. The molecule has 2 aromatic heterocycles. The predicted octanol–water partition coefficient (Wildman–Crippen LogP) is 2.60. The number of benzene rings is 1. The molecular weight excluding hydrogens is 390 g/mol. The maximum absolute atomic E-state index is 12.3. The second-order valence-corrected chi connectivity index (χ2v) is 8.52. The van der Waals surface area contributed by atoms with E-state index in [1.165, 1.54) is 35.6 Å². The van der Waals surface area contributed by atoms with Crippen molar-refractivity contribution in [3.8, 4) is 11.4 Å². The molecule has 0 atom stereocenters. The first-order chi connectivity index (χ1) is 13.0. The van der Waals surface area contributed by atoms with Crippen molar-refractivity contribution < 1.29 is 22.5 Å². The highest BCUT2D eigenvalue weighted by Crippen LogP contribution is 2.23. The summed E-state index contributed by atoms with van der Waals surface area (Å²) in [5, 5.41) is 7.60. The fraction of sp³-hybridized carbons (Fsp3) is 0.235. The van der Waals surface area contributed by atoms with E-state index in [4.69, 9.17) is 9.26 Å². The van der Waals surface area contributed by atoms with E-state index >= 15 is 0 Å². The number of nitrogens with one attached hydrogen (secondary N) is 1. The molecule has 1 N–H and O–H groups in total. The van der Waals surface area contributed by atoms with Crippen molar-refractivity contribution in [1.82, 2.24) is 14.9 Å². The van der Waals surface area contributed by atoms with Crippen LogP contribution in [0.3, 0.4) is 0 Å². The van der Waals surface area contributed by atoms with Gasteiger partial charge in [-0.05, 0) is 42.5 Å². The molecule has 140 valence electrons. The molecule has 0 radical (unpaired) electrons. The average Bonchev–Trinajstić information content (AvgIpc) is 3.14. The summed E-state index contributed by atoms with van der Waals surface area (Å²) < 4.78 is 37.3. The summed E-state index contributed by atoms with van der Waals surface area (Å²) in [6.45, 7) is -0.201. The lowest BCUT2D eigenvalue weighted by Crippen LogP contribution is -2.25. The number of carbonyl (C=O) groups is 1. The number of hydrogen-bond donors (Lipinski definition) is 1. The van der Waals surface area contributed by atoms with Crippen molar-refractivity contribution in [3.05, 3.63) is 52.5 Å². The van der Waals surface area contributed by atoms with Crippen LogP contribution >= 0.6 is 11.3 Å². The highest BCUT2D eigenvalue weighted by molar-refractivity contribution is 7.89. The minimum absolute atomic E-state index is 0.0134. The molecule has 4 rings (SSSR count). The van der Waals surface area contributed by atoms with Crippen LogP contribution in [0.15, 0.2) is 50.5 Å². The molecule has 1 aliphatic rings. The van der Waals surface area contributed by atoms with E-state index in [1.54, 1.807) is 0 Å². The van der Waals surface area contributed by atoms with Gasteiger partial charge in [0.25, 0.3) is 5.89 Å². The molecule has 27 heavy (non-hydrogen) atoms. The van der Waals surface area contributed by atoms with Crippen LogP contribution in [0.1, 0.15) is 29.1 Å². The summed E-state index contributed by atoms with van der Waals surface area (Å²) in [6.07, 6.45) is 1.66. The molecular formula is C17H15N3O5S2. The molecule has 3 aromatic rings. The molecule has 1 aromatic carbocycles. The third-order valence-corrected chi connectivity index (χ3v) is 6.05. The van der Waals surface area contributed by atoms with Gasteiger partial charge in [-0.3, -0.25) is 0 Å². The lowest BCUT2D eigenvalue weighted by atomic mass is 10.2. The lowest BCUT2D eigenvalue weighted by molar-refractivity contribution is 0.0429. The Kier molecular flexibility index (Phi) is 4.77. The molecule has 2 heterocycles. The Morgan fingerprint density at radius 1 is 1.33 bits per heavy atom. The zero-order chi connectivity index (χ0) is 18.9. The molecule has 8 nitrogen and oxygen atoms in total. The molecule has 0 aliphatic heterocycles. The maximum atomic E-state index is 12.3. The molecule has 0 amide bonds. The van der Waals surface area contributed by atoms with Crippen molar-refractivity contribution in [2.45, 2.75) is 30.4 Å². The summed E-state index contributed by atoms with van der Waals surface area (Å²) >= 11 is 1.51. The van der Waals surface area contributed by atoms with E-state index < -0.39 is 16.0 Å². The maximum Gasteiger partial charge on any atom is 0.338 e. The summed E-state index contributed by atoms with van der Waals surface area (Å²) in [5.74, 6) is -0.0981. The summed E-state index contributed by atoms with van der Waals surface area (Å²) in [7, 11) is -3.64. The first-order valence-electron chi connectivity index (χ1n) is 8.16. The standard InChI is InChI=1S/C17H15N3O5S2/c21-17(24-9-15-18-16(19-25-15)12-6-7-26-10-12)11-2-1-3-14(8-11)27(22,23)20-13-4-5-13/h1-3,6-8,10,13,20H,4-5,9H2. The normalized spacial score (nSPS) is 14.2. The quantitative estimate of drug-likeness (QED) is 0.601. The lowest BCUT2D eigenvalue weighted by Gasteiger charge is -2.07. The largest absolute Gasteiger partial charge is 0.452 e. The van der Waals surface area contributed by atoms with Gasteiger partial charge in [-0.25, -0.2) is 17.9 Å². The molecule has 0 spiro atoms. The first-order valence-corrected chi connectivity index (χ1v) is 10.6. The zero-order valence-corrected chi connectivity index (χ0v) is 15.6. The highest BCUT2D eigenvalue weighted by Gasteiger charge is 2.28. The van der Waals surface area contributed by atoms with Crippen LogP contribution in [0.25, 0.3) is 11.4 Å². The van der Waals surface area contributed by atoms with Crippen molar-refractivity contribution in [3.63, 3.8) is 0 Å². The van der Waals surface area contributed by atoms with Crippen LogP contribution < -0.4 is 4.72 Å². The van der Waals surface area contributed by atoms with Crippen molar-refractivity contribution in [1.29, 1.82) is 0 Å². The minimum Gasteiger partial charge on any atom is -0.452 e. The van der Waals surface area contributed by atoms with E-state index in [1.807, 2.05) is 16.8 Å². The Morgan fingerprint density at radius 3 is 2.93 bits per heavy atom. The second-order valence-electron chi connectivity index (χ2n) is 6.02. The fourth-order valence-corrected chi connectivity index (χ4v) is 4.30. The molecule has 1 saturated carbocycles. The van der Waals surface area contributed by atoms with Gasteiger partial charge in [0, 0.05) is 17.0 Å². The van der Waals surface area contributed by atoms with E-state index in [9.17, 15) is 13.2 Å². The number of thiophene rings is 1. The van der Waals surface area contributed by atoms with Crippen molar-refractivity contribution in [2.75, 3.05) is 0 Å². The number of carbonyl (C=O) groups excluding carboxylic acids is 1. The number of sulfonamides is 1. The van der Waals surface area contributed by atoms with Gasteiger partial charge in [-0.15, -0.1) is 0 Å². The van der Waals surface area contributed by atoms with Gasteiger partial charge >= 0.3 is 5.97 Å². The van der Waals surface area contributed by atoms with E-state index in [0.29, 0.717) is 5.82 Å². The van der Waals surface area contributed by atoms with Crippen LogP contribution in [0.2, 0.25) is 0 Å². The van der Waals surface area contributed by atoms with Crippen LogP contribution in [-0.2, 0) is 21.4 Å². The summed E-state index contributed by atoms with van der Waals surface area (Å²) in [5.41, 5.74) is 0.952. The number of esters is 1. The number of nitrogens with zero attached hydrogens (tertiary/aromatic N) is 2. The topological polar surface area (TPSA) is 111 Å². The Balaban J connectivity index is 1.42. The van der Waals surface area contributed by atoms with E-state index in [0.717, 1.165) is 18.4 Å². The Labute approximate surface area is 159 Å². The van der Waals surface area contributed by atoms with Crippen molar-refractivity contribution >= 4 is 27.3 Å². The second kappa shape index (κ2) is 7.22. The third-order valence-electron chi connectivity index (χ3n) is 3.85. The van der Waals surface area contributed by atoms with Crippen LogP contribution in [-0.4, -0.2) is 30.6 Å². The zero-order valence-electron chi connectivity index (χ0n) is 14.0. The Hall–Kier alpha value is -2.56. The predicted molar refractivity (Wildman–Crippen MR) is 96.5 cm³/mol. The SMILES string of the molecule is O=C(OCc1nc(-c2ccsc2)no1)c1cccc(S(=O)(=O)NC2CC2)c1. The Bertz CT molecular complexity index is 1060. The monoisotopic (exact) mass is 405 g/mol. The average molecular weight is 405 g/mol. The molecule has 10 heteroatoms. The molecule has 0 unspecified atom stereocenters. The molecule has 1 fully saturated rings. The number of rotatable bonds is 7. The highest BCUT2D eigenvalue weighted by atomic mass is 32.2. The molecule has 0 bridgehead atoms. The number of hydrogen-bond acceptors (Lipinski definition) is 8. The van der Waals surface area contributed by atoms with Crippen LogP contribution in [0, 0.1) is 0 Å². The van der Waals surface area contributed by atoms with Crippen LogP contribution in [0.5, 0.6) is 0 Å². The summed E-state index contributed by atoms with van der Waals surface area (Å²) in [4.78, 5) is 16.4. The van der Waals surface area contributed by atoms with Gasteiger partial charge in [0.1, 0.15) is 0 Å². The minimum atomic E-state index is -3.64. The number of aromatic nitrogens is 2. The van der Waals surface area contributed by atoms with Crippen molar-refractivity contribution in [2.24, 2.45) is 0 Å². The van der Waals surface area contributed by atoms with Gasteiger partial charge in [0.15, 0.2) is 6.61 Å². The van der Waals surface area contributed by atoms with Gasteiger partial charge in [-0.1, -0.05) is 11.2 Å². The fourth-order valence-electron chi connectivity index (χ4n) is 2.31. The smallest absolute Gasteiger partial charge is 0.338 e. The molecule has 1 aliphatic carbocycles. The summed E-state index contributed by atoms with van der Waals surface area (Å²) in [6, 6.07) is 7.56. The van der Waals surface area contributed by atoms with Crippen LogP contribution in [0.4, 0.5) is 0 Å². The van der Waals surface area contributed by atoms with Gasteiger partial charge in [-0.2, -0.15) is 16.3 Å². The van der Waals surface area contributed by atoms with Gasteiger partial charge in [0.2, 0.25) is 15.8 Å². The third kappa shape index (κ3) is 4.24.